The van der Waals surface area contributed by atoms with Crippen LogP contribution in [-0.4, -0.2) is 30.6 Å². The molecule has 1 fully saturated rings. The smallest absolute Gasteiger partial charge is 0.0578 e. The molecule has 0 radical (unpaired) electrons. The lowest BCUT2D eigenvalue weighted by molar-refractivity contribution is 0.277. The fourth-order valence-electron chi connectivity index (χ4n) is 3.84. The quantitative estimate of drug-likeness (QED) is 0.763. The van der Waals surface area contributed by atoms with Gasteiger partial charge in [-0.05, 0) is 56.4 Å². The van der Waals surface area contributed by atoms with Crippen LogP contribution in [0.4, 0.5) is 0 Å². The maximum Gasteiger partial charge on any atom is 0.0578 e. The Balaban J connectivity index is 1.68. The Kier molecular flexibility index (Phi) is 7.08. The van der Waals surface area contributed by atoms with Crippen molar-refractivity contribution in [3.63, 3.8) is 0 Å². The van der Waals surface area contributed by atoms with Crippen LogP contribution in [0.1, 0.15) is 56.2 Å². The van der Waals surface area contributed by atoms with E-state index in [1.165, 1.54) is 62.9 Å². The Morgan fingerprint density at radius 1 is 0.920 bits per heavy atom. The minimum absolute atomic E-state index is 0.287. The third kappa shape index (κ3) is 5.42. The molecular formula is C23H32N2. The molecule has 1 aliphatic heterocycles. The molecule has 3 rings (SSSR count). The van der Waals surface area contributed by atoms with Crippen molar-refractivity contribution in [2.24, 2.45) is 0 Å². The lowest BCUT2D eigenvalue weighted by atomic mass is 9.96. The molecule has 134 valence electrons. The molecule has 0 saturated carbocycles. The number of hydrogen-bond donors (Lipinski definition) is 1. The van der Waals surface area contributed by atoms with Gasteiger partial charge < -0.3 is 10.2 Å². The van der Waals surface area contributed by atoms with Gasteiger partial charge in [0.25, 0.3) is 0 Å². The summed E-state index contributed by atoms with van der Waals surface area (Å²) >= 11 is 0. The summed E-state index contributed by atoms with van der Waals surface area (Å²) in [6.07, 6.45) is 6.45. The minimum Gasteiger partial charge on any atom is -0.303 e. The third-order valence-electron chi connectivity index (χ3n) is 5.32. The van der Waals surface area contributed by atoms with Crippen LogP contribution in [0, 0.1) is 0 Å². The summed E-state index contributed by atoms with van der Waals surface area (Å²) in [7, 11) is 0. The summed E-state index contributed by atoms with van der Waals surface area (Å²) in [5.74, 6) is 0. The van der Waals surface area contributed by atoms with Gasteiger partial charge in [0.1, 0.15) is 0 Å². The third-order valence-corrected chi connectivity index (χ3v) is 5.32. The molecule has 2 aromatic carbocycles. The van der Waals surface area contributed by atoms with Crippen molar-refractivity contribution in [2.45, 2.75) is 51.1 Å². The van der Waals surface area contributed by atoms with E-state index in [4.69, 9.17) is 0 Å². The first kappa shape index (κ1) is 18.2. The van der Waals surface area contributed by atoms with E-state index in [1.807, 2.05) is 0 Å². The van der Waals surface area contributed by atoms with Crippen LogP contribution in [0.5, 0.6) is 0 Å². The van der Waals surface area contributed by atoms with Gasteiger partial charge in [-0.1, -0.05) is 74.0 Å². The number of unbranched alkanes of at least 4 members (excludes halogenated alkanes) is 1. The number of nitrogens with one attached hydrogen (secondary N) is 1. The minimum atomic E-state index is 0.287. The summed E-state index contributed by atoms with van der Waals surface area (Å²) < 4.78 is 0. The Hall–Kier alpha value is -1.64. The van der Waals surface area contributed by atoms with Gasteiger partial charge >= 0.3 is 0 Å². The fourth-order valence-corrected chi connectivity index (χ4v) is 3.84. The van der Waals surface area contributed by atoms with Gasteiger partial charge in [-0.3, -0.25) is 0 Å². The molecule has 0 aromatic heterocycles. The van der Waals surface area contributed by atoms with E-state index in [1.54, 1.807) is 0 Å². The lowest BCUT2D eigenvalue weighted by Gasteiger charge is -2.26. The molecular weight excluding hydrogens is 304 g/mol. The Morgan fingerprint density at radius 3 is 2.16 bits per heavy atom. The first-order chi connectivity index (χ1) is 12.4. The van der Waals surface area contributed by atoms with E-state index >= 15 is 0 Å². The largest absolute Gasteiger partial charge is 0.303 e. The van der Waals surface area contributed by atoms with Gasteiger partial charge in [0.15, 0.2) is 0 Å². The zero-order valence-electron chi connectivity index (χ0n) is 15.5. The SMILES string of the molecule is CCCCN1CCCC(NC(c2ccccc2)c2ccccc2)CC1. The van der Waals surface area contributed by atoms with E-state index < -0.39 is 0 Å². The predicted octanol–water partition coefficient (Wildman–Crippen LogP) is 5.02. The Bertz CT molecular complexity index is 557. The van der Waals surface area contributed by atoms with E-state index in [0.717, 1.165) is 0 Å². The second-order valence-corrected chi connectivity index (χ2v) is 7.24. The maximum absolute atomic E-state index is 3.98. The highest BCUT2D eigenvalue weighted by atomic mass is 15.1. The molecule has 1 aliphatic rings. The molecule has 1 N–H and O–H groups in total. The molecule has 25 heavy (non-hydrogen) atoms. The van der Waals surface area contributed by atoms with Crippen LogP contribution in [0.3, 0.4) is 0 Å². The van der Waals surface area contributed by atoms with Crippen LogP contribution in [0.25, 0.3) is 0 Å². The first-order valence-corrected chi connectivity index (χ1v) is 9.95. The molecule has 0 bridgehead atoms. The van der Waals surface area contributed by atoms with Crippen molar-refractivity contribution in [3.05, 3.63) is 71.8 Å². The van der Waals surface area contributed by atoms with E-state index in [9.17, 15) is 0 Å². The van der Waals surface area contributed by atoms with Crippen LogP contribution < -0.4 is 5.32 Å². The summed E-state index contributed by atoms with van der Waals surface area (Å²) in [5.41, 5.74) is 2.72. The number of rotatable bonds is 7. The molecule has 0 spiro atoms. The second kappa shape index (κ2) is 9.74. The van der Waals surface area contributed by atoms with Gasteiger partial charge in [-0.2, -0.15) is 0 Å². The number of likely N-dealkylation sites (tertiary alicyclic amines) is 1. The predicted molar refractivity (Wildman–Crippen MR) is 107 cm³/mol. The van der Waals surface area contributed by atoms with Crippen LogP contribution >= 0.6 is 0 Å². The molecule has 2 aromatic rings. The average molecular weight is 337 g/mol. The van der Waals surface area contributed by atoms with Crippen molar-refractivity contribution in [3.8, 4) is 0 Å². The zero-order chi connectivity index (χ0) is 17.3. The van der Waals surface area contributed by atoms with Crippen molar-refractivity contribution < 1.29 is 0 Å². The van der Waals surface area contributed by atoms with Crippen LogP contribution in [-0.2, 0) is 0 Å². The molecule has 1 heterocycles. The van der Waals surface area contributed by atoms with Crippen molar-refractivity contribution in [1.29, 1.82) is 0 Å². The normalized spacial score (nSPS) is 19.0. The van der Waals surface area contributed by atoms with Crippen LogP contribution in [0.2, 0.25) is 0 Å². The summed E-state index contributed by atoms with van der Waals surface area (Å²) in [6.45, 7) is 6.05. The summed E-state index contributed by atoms with van der Waals surface area (Å²) in [4.78, 5) is 2.66. The van der Waals surface area contributed by atoms with Gasteiger partial charge in [-0.25, -0.2) is 0 Å². The highest BCUT2D eigenvalue weighted by Crippen LogP contribution is 2.24. The highest BCUT2D eigenvalue weighted by Gasteiger charge is 2.21. The molecule has 2 heteroatoms. The lowest BCUT2D eigenvalue weighted by Crippen LogP contribution is -2.34. The average Bonchev–Trinajstić information content (AvgIpc) is 2.91. The van der Waals surface area contributed by atoms with Crippen molar-refractivity contribution >= 4 is 0 Å². The molecule has 2 nitrogen and oxygen atoms in total. The Labute approximate surface area is 153 Å². The molecule has 1 unspecified atom stereocenters. The summed E-state index contributed by atoms with van der Waals surface area (Å²) in [6, 6.07) is 22.6. The molecule has 1 saturated heterocycles. The van der Waals surface area contributed by atoms with Gasteiger partial charge in [-0.15, -0.1) is 0 Å². The fraction of sp³-hybridized carbons (Fsp3) is 0.478. The van der Waals surface area contributed by atoms with Crippen molar-refractivity contribution in [2.75, 3.05) is 19.6 Å². The maximum atomic E-state index is 3.98. The number of nitrogens with zero attached hydrogens (tertiary/aromatic N) is 1. The number of benzene rings is 2. The number of hydrogen-bond acceptors (Lipinski definition) is 2. The van der Waals surface area contributed by atoms with E-state index in [0.29, 0.717) is 6.04 Å². The van der Waals surface area contributed by atoms with Gasteiger partial charge in [0.05, 0.1) is 6.04 Å². The zero-order valence-corrected chi connectivity index (χ0v) is 15.5. The molecule has 0 amide bonds. The molecule has 0 aliphatic carbocycles. The van der Waals surface area contributed by atoms with E-state index in [-0.39, 0.29) is 6.04 Å². The standard InChI is InChI=1S/C23H32N2/c1-2-3-17-25-18-10-15-22(16-19-25)24-23(20-11-6-4-7-12-20)21-13-8-5-9-14-21/h4-9,11-14,22-24H,2-3,10,15-19H2,1H3. The first-order valence-electron chi connectivity index (χ1n) is 9.95. The summed E-state index contributed by atoms with van der Waals surface area (Å²) in [5, 5.41) is 3.98. The molecule has 1 atom stereocenters. The van der Waals surface area contributed by atoms with Gasteiger partial charge in [0.2, 0.25) is 0 Å². The monoisotopic (exact) mass is 336 g/mol. The second-order valence-electron chi connectivity index (χ2n) is 7.24. The van der Waals surface area contributed by atoms with Crippen LogP contribution in [0.15, 0.2) is 60.7 Å². The Morgan fingerprint density at radius 2 is 1.56 bits per heavy atom. The highest BCUT2D eigenvalue weighted by molar-refractivity contribution is 5.31. The van der Waals surface area contributed by atoms with Gasteiger partial charge in [0, 0.05) is 6.04 Å². The topological polar surface area (TPSA) is 15.3 Å². The van der Waals surface area contributed by atoms with E-state index in [2.05, 4.69) is 77.8 Å². The van der Waals surface area contributed by atoms with Crippen molar-refractivity contribution in [1.82, 2.24) is 10.2 Å².